The van der Waals surface area contributed by atoms with Crippen LogP contribution in [0.4, 0.5) is 5.69 Å². The Morgan fingerprint density at radius 3 is 2.53 bits per heavy atom. The van der Waals surface area contributed by atoms with Gasteiger partial charge in [0.25, 0.3) is 17.5 Å². The van der Waals surface area contributed by atoms with E-state index in [1.165, 1.54) is 12.1 Å². The fourth-order valence-corrected chi connectivity index (χ4v) is 4.04. The van der Waals surface area contributed by atoms with Crippen LogP contribution in [0.25, 0.3) is 17.4 Å². The highest BCUT2D eigenvalue weighted by atomic mass is 16.6. The Balaban J connectivity index is 1.50. The second kappa shape index (κ2) is 12.8. The first-order valence-electron chi connectivity index (χ1n) is 12.4. The summed E-state index contributed by atoms with van der Waals surface area (Å²) in [7, 11) is 0. The van der Waals surface area contributed by atoms with Gasteiger partial charge in [-0.15, -0.1) is 0 Å². The number of hydrogen-bond acceptors (Lipinski definition) is 7. The van der Waals surface area contributed by atoms with Crippen LogP contribution < -0.4 is 10.6 Å². The van der Waals surface area contributed by atoms with Gasteiger partial charge in [0.05, 0.1) is 23.7 Å². The number of rotatable bonds is 10. The number of benzene rings is 2. The summed E-state index contributed by atoms with van der Waals surface area (Å²) in [5.41, 5.74) is 1.64. The Labute approximate surface area is 220 Å². The number of para-hydroxylation sites is 1. The van der Waals surface area contributed by atoms with Crippen molar-refractivity contribution >= 4 is 23.6 Å². The molecule has 38 heavy (non-hydrogen) atoms. The van der Waals surface area contributed by atoms with Crippen molar-refractivity contribution in [1.82, 2.24) is 15.5 Å². The smallest absolute Gasteiger partial charge is 0.280 e. The van der Waals surface area contributed by atoms with Crippen LogP contribution in [0.2, 0.25) is 0 Å². The van der Waals surface area contributed by atoms with E-state index < -0.39 is 16.7 Å². The number of nitro groups is 1. The number of ether oxygens (including phenoxy) is 1. The number of furan rings is 1. The van der Waals surface area contributed by atoms with Gasteiger partial charge in [-0.2, -0.15) is 0 Å². The number of carbonyl (C=O) groups is 2. The van der Waals surface area contributed by atoms with E-state index in [2.05, 4.69) is 15.5 Å². The van der Waals surface area contributed by atoms with Gasteiger partial charge in [0.1, 0.15) is 17.2 Å². The number of morpholine rings is 1. The topological polar surface area (TPSA) is 127 Å². The average Bonchev–Trinajstić information content (AvgIpc) is 3.40. The Hall–Kier alpha value is -4.28. The number of aryl methyl sites for hydroxylation is 1. The normalized spacial score (nSPS) is 14.2. The highest BCUT2D eigenvalue weighted by molar-refractivity contribution is 6.05. The van der Waals surface area contributed by atoms with E-state index in [4.69, 9.17) is 9.15 Å². The van der Waals surface area contributed by atoms with Gasteiger partial charge in [-0.1, -0.05) is 29.8 Å². The molecule has 2 N–H and O–H groups in total. The van der Waals surface area contributed by atoms with E-state index in [1.807, 2.05) is 19.1 Å². The molecule has 10 heteroatoms. The zero-order valence-electron chi connectivity index (χ0n) is 21.1. The number of nitro benzene ring substituents is 1. The molecule has 3 aromatic rings. The standard InChI is InChI=1S/C28H30N4O6/c1-20-7-9-21(10-8-20)27(33)30-24(28(34)29-13-4-14-31-15-17-37-18-16-31)19-22-11-12-26(38-22)23-5-2-3-6-25(23)32(35)36/h2-3,5-12,19H,4,13-18H2,1H3,(H,29,34)(H,30,33)/b24-19+. The fraction of sp³-hybridized carbons (Fsp3) is 0.286. The summed E-state index contributed by atoms with van der Waals surface area (Å²) >= 11 is 0. The molecular weight excluding hydrogens is 488 g/mol. The number of carbonyl (C=O) groups excluding carboxylic acids is 2. The van der Waals surface area contributed by atoms with Crippen molar-refractivity contribution in [2.45, 2.75) is 13.3 Å². The molecular formula is C28H30N4O6. The molecule has 0 aliphatic carbocycles. The van der Waals surface area contributed by atoms with Gasteiger partial charge < -0.3 is 19.8 Å². The Bertz CT molecular complexity index is 1310. The van der Waals surface area contributed by atoms with Gasteiger partial charge in [-0.3, -0.25) is 24.6 Å². The maximum absolute atomic E-state index is 13.1. The second-order valence-corrected chi connectivity index (χ2v) is 8.92. The van der Waals surface area contributed by atoms with Crippen molar-refractivity contribution < 1.29 is 23.7 Å². The van der Waals surface area contributed by atoms with E-state index >= 15 is 0 Å². The van der Waals surface area contributed by atoms with Crippen LogP contribution in [-0.4, -0.2) is 61.0 Å². The molecule has 2 aromatic carbocycles. The Morgan fingerprint density at radius 2 is 1.79 bits per heavy atom. The summed E-state index contributed by atoms with van der Waals surface area (Å²) in [6, 6.07) is 16.4. The summed E-state index contributed by atoms with van der Waals surface area (Å²) in [5, 5.41) is 17.0. The zero-order chi connectivity index (χ0) is 26.9. The molecule has 1 aromatic heterocycles. The van der Waals surface area contributed by atoms with Crippen molar-refractivity contribution in [2.75, 3.05) is 39.4 Å². The molecule has 0 spiro atoms. The predicted molar refractivity (Wildman–Crippen MR) is 142 cm³/mol. The SMILES string of the molecule is Cc1ccc(C(=O)N/C(=C/c2ccc(-c3ccccc3[N+](=O)[O-])o2)C(=O)NCCCN2CCOCC2)cc1. The van der Waals surface area contributed by atoms with Crippen molar-refractivity contribution in [3.8, 4) is 11.3 Å². The maximum Gasteiger partial charge on any atom is 0.280 e. The van der Waals surface area contributed by atoms with E-state index in [0.717, 1.165) is 31.6 Å². The molecule has 0 radical (unpaired) electrons. The van der Waals surface area contributed by atoms with Gasteiger partial charge in [0.2, 0.25) is 0 Å². The molecule has 0 saturated carbocycles. The van der Waals surface area contributed by atoms with Crippen LogP contribution >= 0.6 is 0 Å². The van der Waals surface area contributed by atoms with Crippen molar-refractivity contribution in [1.29, 1.82) is 0 Å². The van der Waals surface area contributed by atoms with E-state index in [9.17, 15) is 19.7 Å². The molecule has 2 heterocycles. The van der Waals surface area contributed by atoms with Crippen molar-refractivity contribution in [2.24, 2.45) is 0 Å². The molecule has 10 nitrogen and oxygen atoms in total. The second-order valence-electron chi connectivity index (χ2n) is 8.92. The molecule has 1 fully saturated rings. The van der Waals surface area contributed by atoms with Gasteiger partial charge >= 0.3 is 0 Å². The average molecular weight is 519 g/mol. The third kappa shape index (κ3) is 7.15. The van der Waals surface area contributed by atoms with Crippen LogP contribution in [0.15, 0.2) is 70.8 Å². The van der Waals surface area contributed by atoms with Crippen LogP contribution in [0.1, 0.15) is 28.1 Å². The first-order valence-corrected chi connectivity index (χ1v) is 12.4. The van der Waals surface area contributed by atoms with Crippen LogP contribution in [0.5, 0.6) is 0 Å². The third-order valence-corrected chi connectivity index (χ3v) is 6.13. The predicted octanol–water partition coefficient (Wildman–Crippen LogP) is 3.77. The summed E-state index contributed by atoms with van der Waals surface area (Å²) in [6.07, 6.45) is 2.16. The molecule has 1 aliphatic heterocycles. The lowest BCUT2D eigenvalue weighted by molar-refractivity contribution is -0.384. The molecule has 1 aliphatic rings. The molecule has 0 unspecified atom stereocenters. The van der Waals surface area contributed by atoms with Crippen molar-refractivity contribution in [3.63, 3.8) is 0 Å². The molecule has 2 amide bonds. The number of amides is 2. The number of nitrogens with one attached hydrogen (secondary N) is 2. The lowest BCUT2D eigenvalue weighted by Gasteiger charge is -2.26. The van der Waals surface area contributed by atoms with Gasteiger partial charge in [-0.25, -0.2) is 0 Å². The monoisotopic (exact) mass is 518 g/mol. The number of nitrogens with zero attached hydrogens (tertiary/aromatic N) is 2. The number of hydrogen-bond donors (Lipinski definition) is 2. The molecule has 4 rings (SSSR count). The van der Waals surface area contributed by atoms with Gasteiger partial charge in [0, 0.05) is 37.3 Å². The summed E-state index contributed by atoms with van der Waals surface area (Å²) in [5.74, 6) is -0.360. The zero-order valence-corrected chi connectivity index (χ0v) is 21.1. The summed E-state index contributed by atoms with van der Waals surface area (Å²) in [4.78, 5) is 39.2. The van der Waals surface area contributed by atoms with Gasteiger partial charge in [-0.05, 0) is 50.2 Å². The Kier molecular flexibility index (Phi) is 9.02. The molecule has 198 valence electrons. The van der Waals surface area contributed by atoms with E-state index in [-0.39, 0.29) is 22.9 Å². The maximum atomic E-state index is 13.1. The minimum atomic E-state index is -0.481. The first-order chi connectivity index (χ1) is 18.4. The summed E-state index contributed by atoms with van der Waals surface area (Å²) < 4.78 is 11.2. The highest BCUT2D eigenvalue weighted by Gasteiger charge is 2.19. The van der Waals surface area contributed by atoms with Crippen LogP contribution in [0, 0.1) is 17.0 Å². The lowest BCUT2D eigenvalue weighted by Crippen LogP contribution is -2.39. The minimum absolute atomic E-state index is 0.00501. The first kappa shape index (κ1) is 26.8. The van der Waals surface area contributed by atoms with Crippen molar-refractivity contribution in [3.05, 3.63) is 93.4 Å². The Morgan fingerprint density at radius 1 is 1.05 bits per heavy atom. The molecule has 0 atom stereocenters. The van der Waals surface area contributed by atoms with Crippen LogP contribution in [0.3, 0.4) is 0 Å². The highest BCUT2D eigenvalue weighted by Crippen LogP contribution is 2.31. The fourth-order valence-electron chi connectivity index (χ4n) is 4.04. The summed E-state index contributed by atoms with van der Waals surface area (Å²) in [6.45, 7) is 6.33. The molecule has 0 bridgehead atoms. The van der Waals surface area contributed by atoms with Crippen LogP contribution in [-0.2, 0) is 9.53 Å². The third-order valence-electron chi connectivity index (χ3n) is 6.13. The van der Waals surface area contributed by atoms with E-state index in [0.29, 0.717) is 30.9 Å². The minimum Gasteiger partial charge on any atom is -0.456 e. The largest absolute Gasteiger partial charge is 0.456 e. The quantitative estimate of drug-likeness (QED) is 0.181. The lowest BCUT2D eigenvalue weighted by atomic mass is 10.1. The molecule has 1 saturated heterocycles. The van der Waals surface area contributed by atoms with Gasteiger partial charge in [0.15, 0.2) is 0 Å². The van der Waals surface area contributed by atoms with E-state index in [1.54, 1.807) is 42.5 Å².